The highest BCUT2D eigenvalue weighted by Crippen LogP contribution is 2.47. The maximum absolute atomic E-state index is 12.6. The fraction of sp³-hybridized carbons (Fsp3) is 0.105. The van der Waals surface area contributed by atoms with Gasteiger partial charge in [-0.25, -0.2) is 4.79 Å². The molecule has 0 saturated heterocycles. The normalized spacial score (nSPS) is 16.0. The highest BCUT2D eigenvalue weighted by atomic mass is 32.2. The summed E-state index contributed by atoms with van der Waals surface area (Å²) < 4.78 is 5.37. The number of para-hydroxylation sites is 1. The first kappa shape index (κ1) is 14.2. The lowest BCUT2D eigenvalue weighted by Crippen LogP contribution is -2.14. The molecule has 0 fully saturated rings. The first-order valence-electron chi connectivity index (χ1n) is 7.44. The Hall–Kier alpha value is -2.46. The van der Waals surface area contributed by atoms with Crippen molar-refractivity contribution in [3.05, 3.63) is 88.0 Å². The molecule has 0 unspecified atom stereocenters. The van der Waals surface area contributed by atoms with Crippen molar-refractivity contribution in [2.75, 3.05) is 5.32 Å². The number of hydrogen-bond acceptors (Lipinski definition) is 4. The fourth-order valence-electron chi connectivity index (χ4n) is 2.84. The third kappa shape index (κ3) is 2.55. The van der Waals surface area contributed by atoms with Crippen molar-refractivity contribution < 1.29 is 4.42 Å². The standard InChI is InChI=1S/C19H15NO2S/c1-12-11-15-17(19(21)22-12)18(13-7-3-2-4-8-13)23-16-10-6-5-9-14(16)20-15/h2-11,18,20H,1H3/t18-/m1/s1. The van der Waals surface area contributed by atoms with Gasteiger partial charge in [0.2, 0.25) is 0 Å². The van der Waals surface area contributed by atoms with E-state index in [4.69, 9.17) is 4.42 Å². The topological polar surface area (TPSA) is 42.2 Å². The van der Waals surface area contributed by atoms with E-state index in [1.807, 2.05) is 42.5 Å². The molecule has 1 aliphatic heterocycles. The molecular weight excluding hydrogens is 306 g/mol. The van der Waals surface area contributed by atoms with Crippen LogP contribution >= 0.6 is 11.8 Å². The Bertz CT molecular complexity index is 918. The van der Waals surface area contributed by atoms with E-state index >= 15 is 0 Å². The van der Waals surface area contributed by atoms with Gasteiger partial charge >= 0.3 is 5.63 Å². The second-order valence-corrected chi connectivity index (χ2v) is 6.65. The monoisotopic (exact) mass is 321 g/mol. The molecule has 114 valence electrons. The van der Waals surface area contributed by atoms with E-state index in [-0.39, 0.29) is 10.9 Å². The third-order valence-corrected chi connectivity index (χ3v) is 5.23. The quantitative estimate of drug-likeness (QED) is 0.693. The SMILES string of the molecule is Cc1cc2c(c(=O)o1)[C@@H](c1ccccc1)Sc1ccccc1N2. The third-order valence-electron chi connectivity index (χ3n) is 3.88. The molecule has 0 amide bonds. The first-order valence-corrected chi connectivity index (χ1v) is 8.32. The molecule has 1 aliphatic rings. The molecule has 0 bridgehead atoms. The molecule has 23 heavy (non-hydrogen) atoms. The van der Waals surface area contributed by atoms with Crippen LogP contribution in [-0.2, 0) is 0 Å². The molecule has 0 aliphatic carbocycles. The molecule has 1 N–H and O–H groups in total. The largest absolute Gasteiger partial charge is 0.428 e. The summed E-state index contributed by atoms with van der Waals surface area (Å²) >= 11 is 1.67. The van der Waals surface area contributed by atoms with Gasteiger partial charge in [-0.1, -0.05) is 42.5 Å². The molecule has 4 rings (SSSR count). The molecule has 2 aromatic carbocycles. The number of fused-ring (bicyclic) bond motifs is 2. The van der Waals surface area contributed by atoms with Crippen LogP contribution in [0, 0.1) is 6.92 Å². The van der Waals surface area contributed by atoms with Crippen molar-refractivity contribution in [2.24, 2.45) is 0 Å². The Labute approximate surface area is 138 Å². The van der Waals surface area contributed by atoms with Crippen molar-refractivity contribution >= 4 is 23.1 Å². The maximum Gasteiger partial charge on any atom is 0.342 e. The van der Waals surface area contributed by atoms with Crippen LogP contribution < -0.4 is 10.9 Å². The zero-order chi connectivity index (χ0) is 15.8. The van der Waals surface area contributed by atoms with Gasteiger partial charge in [-0.2, -0.15) is 0 Å². The van der Waals surface area contributed by atoms with E-state index in [9.17, 15) is 4.79 Å². The number of aryl methyl sites for hydroxylation is 1. The highest BCUT2D eigenvalue weighted by molar-refractivity contribution is 8.00. The molecule has 2 heterocycles. The number of nitrogens with one attached hydrogen (secondary N) is 1. The first-order chi connectivity index (χ1) is 11.2. The van der Waals surface area contributed by atoms with Crippen LogP contribution in [0.25, 0.3) is 0 Å². The van der Waals surface area contributed by atoms with Gasteiger partial charge in [0.25, 0.3) is 0 Å². The minimum absolute atomic E-state index is 0.0980. The fourth-order valence-corrected chi connectivity index (χ4v) is 4.13. The summed E-state index contributed by atoms with van der Waals surface area (Å²) in [5.74, 6) is 0.609. The minimum atomic E-state index is -0.276. The summed E-state index contributed by atoms with van der Waals surface area (Å²) in [6.45, 7) is 1.80. The van der Waals surface area contributed by atoms with Gasteiger partial charge in [-0.05, 0) is 24.6 Å². The highest BCUT2D eigenvalue weighted by Gasteiger charge is 2.27. The number of thioether (sulfide) groups is 1. The maximum atomic E-state index is 12.6. The summed E-state index contributed by atoms with van der Waals surface area (Å²) in [6.07, 6.45) is 0. The summed E-state index contributed by atoms with van der Waals surface area (Å²) in [6, 6.07) is 20.1. The molecule has 4 heteroatoms. The van der Waals surface area contributed by atoms with Gasteiger partial charge in [0, 0.05) is 11.0 Å². The van der Waals surface area contributed by atoms with Gasteiger partial charge in [0.15, 0.2) is 0 Å². The van der Waals surface area contributed by atoms with E-state index in [0.717, 1.165) is 21.8 Å². The molecule has 3 nitrogen and oxygen atoms in total. The number of rotatable bonds is 1. The zero-order valence-electron chi connectivity index (χ0n) is 12.6. The van der Waals surface area contributed by atoms with Crippen molar-refractivity contribution in [3.8, 4) is 0 Å². The lowest BCUT2D eigenvalue weighted by atomic mass is 10.0. The van der Waals surface area contributed by atoms with Crippen LogP contribution in [0.1, 0.15) is 22.1 Å². The van der Waals surface area contributed by atoms with Gasteiger partial charge in [-0.3, -0.25) is 0 Å². The Kier molecular flexibility index (Phi) is 3.46. The molecule has 0 radical (unpaired) electrons. The number of benzene rings is 2. The summed E-state index contributed by atoms with van der Waals surface area (Å²) in [7, 11) is 0. The summed E-state index contributed by atoms with van der Waals surface area (Å²) in [4.78, 5) is 13.7. The Morgan fingerprint density at radius 2 is 1.74 bits per heavy atom. The number of hydrogen-bond donors (Lipinski definition) is 1. The van der Waals surface area contributed by atoms with Crippen LogP contribution in [0.2, 0.25) is 0 Å². The molecule has 1 atom stereocenters. The van der Waals surface area contributed by atoms with Crippen LogP contribution in [0.3, 0.4) is 0 Å². The van der Waals surface area contributed by atoms with Gasteiger partial charge in [0.1, 0.15) is 5.76 Å². The molecule has 0 saturated carbocycles. The van der Waals surface area contributed by atoms with Crippen molar-refractivity contribution in [1.82, 2.24) is 0 Å². The molecule has 0 spiro atoms. The van der Waals surface area contributed by atoms with Gasteiger partial charge in [0.05, 0.1) is 22.2 Å². The van der Waals surface area contributed by atoms with Gasteiger partial charge < -0.3 is 9.73 Å². The predicted molar refractivity (Wildman–Crippen MR) is 93.6 cm³/mol. The summed E-state index contributed by atoms with van der Waals surface area (Å²) in [5.41, 5.74) is 3.32. The summed E-state index contributed by atoms with van der Waals surface area (Å²) in [5, 5.41) is 3.31. The van der Waals surface area contributed by atoms with Crippen LogP contribution in [-0.4, -0.2) is 0 Å². The van der Waals surface area contributed by atoms with E-state index in [0.29, 0.717) is 11.3 Å². The van der Waals surface area contributed by atoms with Crippen LogP contribution in [0.4, 0.5) is 11.4 Å². The lowest BCUT2D eigenvalue weighted by molar-refractivity contribution is 0.474. The predicted octanol–water partition coefficient (Wildman–Crippen LogP) is 4.89. The average molecular weight is 321 g/mol. The molecular formula is C19H15NO2S. The van der Waals surface area contributed by atoms with E-state index in [1.165, 1.54) is 0 Å². The van der Waals surface area contributed by atoms with Crippen molar-refractivity contribution in [2.45, 2.75) is 17.1 Å². The van der Waals surface area contributed by atoms with Gasteiger partial charge in [-0.15, -0.1) is 11.8 Å². The van der Waals surface area contributed by atoms with Crippen LogP contribution in [0.5, 0.6) is 0 Å². The average Bonchev–Trinajstić information content (AvgIpc) is 2.72. The van der Waals surface area contributed by atoms with Crippen molar-refractivity contribution in [3.63, 3.8) is 0 Å². The minimum Gasteiger partial charge on any atom is -0.428 e. The lowest BCUT2D eigenvalue weighted by Gasteiger charge is -2.16. The molecule has 3 aromatic rings. The second-order valence-electron chi connectivity index (χ2n) is 5.50. The Balaban J connectivity index is 1.98. The Morgan fingerprint density at radius 1 is 1.00 bits per heavy atom. The Morgan fingerprint density at radius 3 is 2.57 bits per heavy atom. The zero-order valence-corrected chi connectivity index (χ0v) is 13.4. The van der Waals surface area contributed by atoms with Crippen LogP contribution in [0.15, 0.2) is 74.8 Å². The van der Waals surface area contributed by atoms with Crippen molar-refractivity contribution in [1.29, 1.82) is 0 Å². The van der Waals surface area contributed by atoms with E-state index < -0.39 is 0 Å². The number of anilines is 2. The van der Waals surface area contributed by atoms with E-state index in [1.54, 1.807) is 18.7 Å². The smallest absolute Gasteiger partial charge is 0.342 e. The van der Waals surface area contributed by atoms with E-state index in [2.05, 4.69) is 23.5 Å². The second kappa shape index (κ2) is 5.63. The molecule has 1 aromatic heterocycles.